The van der Waals surface area contributed by atoms with Crippen molar-refractivity contribution in [1.82, 2.24) is 9.78 Å². The molecule has 0 atom stereocenters. The molecule has 0 aliphatic carbocycles. The Labute approximate surface area is 177 Å². The summed E-state index contributed by atoms with van der Waals surface area (Å²) in [5.74, 6) is 0.758. The number of allylic oxidation sites excluding steroid dienone is 1. The zero-order chi connectivity index (χ0) is 21.5. The van der Waals surface area contributed by atoms with Crippen LogP contribution in [0.25, 0.3) is 11.8 Å². The molecule has 1 aromatic heterocycles. The first-order valence-electron chi connectivity index (χ1n) is 10.3. The van der Waals surface area contributed by atoms with Gasteiger partial charge in [-0.25, -0.2) is 4.68 Å². The van der Waals surface area contributed by atoms with Crippen molar-refractivity contribution in [3.8, 4) is 5.69 Å². The Balaban J connectivity index is 1.89. The summed E-state index contributed by atoms with van der Waals surface area (Å²) in [5, 5.41) is 3.24. The van der Waals surface area contributed by atoms with Crippen molar-refractivity contribution in [2.75, 3.05) is 30.4 Å². The van der Waals surface area contributed by atoms with Gasteiger partial charge in [0.15, 0.2) is 0 Å². The van der Waals surface area contributed by atoms with E-state index in [2.05, 4.69) is 60.8 Å². The SMILES string of the molecule is CCN1C(=C=Cc2c(N(C)C)[nH]n(-c3ccccc3)c2=O)C(C)(C)c2ccccc21. The summed E-state index contributed by atoms with van der Waals surface area (Å²) in [5.41, 5.74) is 8.19. The second-order valence-corrected chi connectivity index (χ2v) is 8.27. The summed E-state index contributed by atoms with van der Waals surface area (Å²) < 4.78 is 1.58. The first kappa shape index (κ1) is 19.9. The van der Waals surface area contributed by atoms with E-state index in [1.807, 2.05) is 55.4 Å². The van der Waals surface area contributed by atoms with Crippen molar-refractivity contribution in [3.05, 3.63) is 87.5 Å². The number of nitrogens with one attached hydrogen (secondary N) is 1. The van der Waals surface area contributed by atoms with Gasteiger partial charge in [-0.2, -0.15) is 0 Å². The van der Waals surface area contributed by atoms with Gasteiger partial charge in [0.25, 0.3) is 5.56 Å². The van der Waals surface area contributed by atoms with Crippen LogP contribution < -0.4 is 15.4 Å². The van der Waals surface area contributed by atoms with Crippen LogP contribution in [-0.4, -0.2) is 30.4 Å². The van der Waals surface area contributed by atoms with E-state index in [0.29, 0.717) is 5.56 Å². The molecule has 0 radical (unpaired) electrons. The monoisotopic (exact) mass is 400 g/mol. The van der Waals surface area contributed by atoms with E-state index in [1.165, 1.54) is 11.3 Å². The van der Waals surface area contributed by atoms with E-state index in [4.69, 9.17) is 0 Å². The van der Waals surface area contributed by atoms with Crippen LogP contribution in [0, 0.1) is 0 Å². The van der Waals surface area contributed by atoms with E-state index < -0.39 is 0 Å². The number of anilines is 2. The third kappa shape index (κ3) is 3.08. The van der Waals surface area contributed by atoms with Gasteiger partial charge < -0.3 is 9.80 Å². The molecule has 0 fully saturated rings. The zero-order valence-corrected chi connectivity index (χ0v) is 18.2. The van der Waals surface area contributed by atoms with Crippen molar-refractivity contribution in [2.45, 2.75) is 26.2 Å². The van der Waals surface area contributed by atoms with Crippen molar-refractivity contribution in [3.63, 3.8) is 0 Å². The molecule has 30 heavy (non-hydrogen) atoms. The summed E-state index contributed by atoms with van der Waals surface area (Å²) in [4.78, 5) is 17.4. The number of hydrogen-bond donors (Lipinski definition) is 1. The Morgan fingerprint density at radius 3 is 2.40 bits per heavy atom. The van der Waals surface area contributed by atoms with Crippen LogP contribution in [0.3, 0.4) is 0 Å². The molecule has 0 spiro atoms. The minimum atomic E-state index is -0.184. The summed E-state index contributed by atoms with van der Waals surface area (Å²) in [6.45, 7) is 7.41. The van der Waals surface area contributed by atoms with Gasteiger partial charge in [0.2, 0.25) is 0 Å². The first-order valence-corrected chi connectivity index (χ1v) is 10.3. The standard InChI is InChI=1S/C25H28N4O/c1-6-28-21-15-11-10-14-20(21)25(2,3)22(28)17-16-19-23(27(4)5)26-29(24(19)30)18-12-8-7-9-13-18/h7-16,26H,6H2,1-5H3. The lowest BCUT2D eigenvalue weighted by atomic mass is 9.84. The highest BCUT2D eigenvalue weighted by atomic mass is 16.1. The van der Waals surface area contributed by atoms with Crippen LogP contribution in [-0.2, 0) is 5.41 Å². The smallest absolute Gasteiger partial charge is 0.281 e. The Bertz CT molecular complexity index is 1190. The van der Waals surface area contributed by atoms with Crippen molar-refractivity contribution in [1.29, 1.82) is 0 Å². The molecular formula is C25H28N4O. The molecule has 2 heterocycles. The number of nitrogens with zero attached hydrogens (tertiary/aromatic N) is 3. The molecule has 5 nitrogen and oxygen atoms in total. The van der Waals surface area contributed by atoms with E-state index in [9.17, 15) is 4.79 Å². The van der Waals surface area contributed by atoms with Crippen LogP contribution in [0.4, 0.5) is 11.5 Å². The predicted octanol–water partition coefficient (Wildman–Crippen LogP) is 4.55. The predicted molar refractivity (Wildman–Crippen MR) is 125 cm³/mol. The Hall–Kier alpha value is -3.43. The number of rotatable bonds is 4. The molecule has 0 unspecified atom stereocenters. The number of aromatic amines is 1. The third-order valence-electron chi connectivity index (χ3n) is 5.77. The Morgan fingerprint density at radius 2 is 1.73 bits per heavy atom. The van der Waals surface area contributed by atoms with Gasteiger partial charge in [0.05, 0.1) is 16.9 Å². The van der Waals surface area contributed by atoms with Crippen LogP contribution in [0.1, 0.15) is 31.9 Å². The molecule has 1 aliphatic heterocycles. The van der Waals surface area contributed by atoms with E-state index >= 15 is 0 Å². The number of para-hydroxylation sites is 2. The number of aromatic nitrogens is 2. The summed E-state index contributed by atoms with van der Waals surface area (Å²) in [6, 6.07) is 18.1. The fraction of sp³-hybridized carbons (Fsp3) is 0.280. The molecule has 0 amide bonds. The maximum Gasteiger partial charge on any atom is 0.281 e. The Kier molecular flexibility index (Phi) is 4.92. The van der Waals surface area contributed by atoms with Crippen molar-refractivity contribution < 1.29 is 0 Å². The fourth-order valence-electron chi connectivity index (χ4n) is 4.22. The normalized spacial score (nSPS) is 14.4. The average molecular weight is 401 g/mol. The number of benzene rings is 2. The molecule has 0 bridgehead atoms. The minimum Gasteiger partial charge on any atom is -0.363 e. The van der Waals surface area contributed by atoms with E-state index in [1.54, 1.807) is 4.68 Å². The number of hydrogen-bond acceptors (Lipinski definition) is 3. The quantitative estimate of drug-likeness (QED) is 0.654. The number of likely N-dealkylation sites (N-methyl/N-ethyl adjacent to an activating group) is 1. The summed E-state index contributed by atoms with van der Waals surface area (Å²) in [7, 11) is 3.86. The number of fused-ring (bicyclic) bond motifs is 1. The summed E-state index contributed by atoms with van der Waals surface area (Å²) in [6.07, 6.45) is 1.83. The molecule has 5 heteroatoms. The van der Waals surface area contributed by atoms with Gasteiger partial charge in [0, 0.05) is 31.7 Å². The summed E-state index contributed by atoms with van der Waals surface area (Å²) >= 11 is 0. The average Bonchev–Trinajstić information content (AvgIpc) is 3.18. The lowest BCUT2D eigenvalue weighted by Gasteiger charge is -2.23. The van der Waals surface area contributed by atoms with Crippen LogP contribution >= 0.6 is 0 Å². The Morgan fingerprint density at radius 1 is 1.07 bits per heavy atom. The van der Waals surface area contributed by atoms with Gasteiger partial charge in [-0.1, -0.05) is 42.1 Å². The molecule has 3 aromatic rings. The van der Waals surface area contributed by atoms with Gasteiger partial charge >= 0.3 is 0 Å². The van der Waals surface area contributed by atoms with Crippen molar-refractivity contribution >= 4 is 17.6 Å². The van der Waals surface area contributed by atoms with Gasteiger partial charge in [0.1, 0.15) is 5.82 Å². The third-order valence-corrected chi connectivity index (χ3v) is 5.77. The molecular weight excluding hydrogens is 372 g/mol. The zero-order valence-electron chi connectivity index (χ0n) is 18.2. The molecule has 0 saturated carbocycles. The number of H-pyrrole nitrogens is 1. The van der Waals surface area contributed by atoms with Crippen LogP contribution in [0.2, 0.25) is 0 Å². The maximum atomic E-state index is 13.2. The van der Waals surface area contributed by atoms with E-state index in [0.717, 1.165) is 23.7 Å². The van der Waals surface area contributed by atoms with Gasteiger partial charge in [-0.05, 0) is 50.6 Å². The minimum absolute atomic E-state index is 0.0886. The highest BCUT2D eigenvalue weighted by molar-refractivity contribution is 5.72. The van der Waals surface area contributed by atoms with Crippen molar-refractivity contribution in [2.24, 2.45) is 0 Å². The lowest BCUT2D eigenvalue weighted by Crippen LogP contribution is -2.25. The fourth-order valence-corrected chi connectivity index (χ4v) is 4.22. The molecule has 1 aliphatic rings. The van der Waals surface area contributed by atoms with E-state index in [-0.39, 0.29) is 11.0 Å². The lowest BCUT2D eigenvalue weighted by molar-refractivity contribution is 0.635. The highest BCUT2D eigenvalue weighted by Gasteiger charge is 2.39. The first-order chi connectivity index (χ1) is 14.4. The molecule has 4 rings (SSSR count). The second-order valence-electron chi connectivity index (χ2n) is 8.27. The van der Waals surface area contributed by atoms with Gasteiger partial charge in [-0.3, -0.25) is 9.89 Å². The van der Waals surface area contributed by atoms with Crippen LogP contribution in [0.15, 0.2) is 70.8 Å². The maximum absolute atomic E-state index is 13.2. The highest BCUT2D eigenvalue weighted by Crippen LogP contribution is 2.46. The largest absolute Gasteiger partial charge is 0.363 e. The molecule has 0 saturated heterocycles. The molecule has 1 N–H and O–H groups in total. The second kappa shape index (κ2) is 7.43. The molecule has 2 aromatic carbocycles. The topological polar surface area (TPSA) is 44.3 Å². The van der Waals surface area contributed by atoms with Gasteiger partial charge in [-0.15, -0.1) is 0 Å². The van der Waals surface area contributed by atoms with Crippen LogP contribution in [0.5, 0.6) is 0 Å². The molecule has 154 valence electrons.